The van der Waals surface area contributed by atoms with Crippen LogP contribution in [0.5, 0.6) is 0 Å². The standard InChI is InChI=1S/C26H41N3O3S/c1-16-11-22(23(30)15-29-14-18(13-28-29)33(4,27)32)26(3)10-8-20-19-7-9-25(2,31)12-17(19)5-6-21(20)24(16)26/h13-14,16-17,19-22,24,27,31H,5-12,15H2,1-4H3/t16-,17-,19+,20-,21-,22-,24+,25-,26-,33?/m1/s1. The van der Waals surface area contributed by atoms with Crippen LogP contribution in [0.3, 0.4) is 0 Å². The van der Waals surface area contributed by atoms with Crippen molar-refractivity contribution in [1.29, 1.82) is 4.78 Å². The molecule has 4 saturated carbocycles. The number of aromatic nitrogens is 2. The number of nitrogens with zero attached hydrogens (tertiary/aromatic N) is 2. The molecule has 6 nitrogen and oxygen atoms in total. The summed E-state index contributed by atoms with van der Waals surface area (Å²) in [6.07, 6.45) is 13.3. The quantitative estimate of drug-likeness (QED) is 0.657. The number of hydrogen-bond donors (Lipinski definition) is 2. The third-order valence-electron chi connectivity index (χ3n) is 10.3. The molecule has 0 saturated heterocycles. The number of nitrogens with one attached hydrogen (secondary N) is 1. The molecule has 0 aliphatic heterocycles. The van der Waals surface area contributed by atoms with E-state index in [1.165, 1.54) is 31.7 Å². The average molecular weight is 476 g/mol. The highest BCUT2D eigenvalue weighted by Crippen LogP contribution is 2.66. The number of rotatable bonds is 4. The Labute approximate surface area is 198 Å². The number of aliphatic hydroxyl groups is 1. The molecular weight excluding hydrogens is 434 g/mol. The van der Waals surface area contributed by atoms with Gasteiger partial charge in [-0.2, -0.15) is 5.10 Å². The Bertz CT molecular complexity index is 1030. The third kappa shape index (κ3) is 4.01. The maximum absolute atomic E-state index is 13.5. The summed E-state index contributed by atoms with van der Waals surface area (Å²) >= 11 is 0. The minimum Gasteiger partial charge on any atom is -0.390 e. The summed E-state index contributed by atoms with van der Waals surface area (Å²) < 4.78 is 21.4. The van der Waals surface area contributed by atoms with Gasteiger partial charge >= 0.3 is 0 Å². The molecule has 33 heavy (non-hydrogen) atoms. The molecule has 4 fully saturated rings. The second kappa shape index (κ2) is 7.91. The highest BCUT2D eigenvalue weighted by molar-refractivity contribution is 7.91. The predicted molar refractivity (Wildman–Crippen MR) is 128 cm³/mol. The van der Waals surface area contributed by atoms with Crippen molar-refractivity contribution in [2.45, 2.75) is 89.2 Å². The molecular formula is C26H41N3O3S. The van der Waals surface area contributed by atoms with Crippen molar-refractivity contribution in [1.82, 2.24) is 9.78 Å². The SMILES string of the molecule is C[C@@H]1C[C@H](C(=O)Cn2cc(S(C)(=N)=O)cn2)[C@@]2(C)CC[C@H]3[C@@H](CC[C@@H]4C[C@](C)(O)CC[C@@H]43)[C@H]12. The second-order valence-corrected chi connectivity index (χ2v) is 14.7. The van der Waals surface area contributed by atoms with Crippen LogP contribution in [0.4, 0.5) is 0 Å². The molecule has 5 rings (SSSR count). The fourth-order valence-electron chi connectivity index (χ4n) is 9.02. The lowest BCUT2D eigenvalue weighted by molar-refractivity contribution is -0.133. The van der Waals surface area contributed by atoms with Crippen LogP contribution in [-0.4, -0.2) is 36.7 Å². The molecule has 1 aromatic rings. The van der Waals surface area contributed by atoms with E-state index in [4.69, 9.17) is 4.78 Å². The van der Waals surface area contributed by atoms with Crippen molar-refractivity contribution < 1.29 is 14.1 Å². The van der Waals surface area contributed by atoms with Gasteiger partial charge in [0.05, 0.1) is 33.0 Å². The van der Waals surface area contributed by atoms with Gasteiger partial charge in [-0.05, 0) is 99.2 Å². The van der Waals surface area contributed by atoms with Crippen LogP contribution in [0.25, 0.3) is 0 Å². The predicted octanol–water partition coefficient (Wildman–Crippen LogP) is 4.75. The number of fused-ring (bicyclic) bond motifs is 5. The van der Waals surface area contributed by atoms with Gasteiger partial charge in [0.15, 0.2) is 5.78 Å². The van der Waals surface area contributed by atoms with Crippen molar-refractivity contribution in [2.75, 3.05) is 6.26 Å². The van der Waals surface area contributed by atoms with Crippen LogP contribution in [0.15, 0.2) is 17.3 Å². The van der Waals surface area contributed by atoms with E-state index < -0.39 is 15.3 Å². The third-order valence-corrected chi connectivity index (χ3v) is 11.4. The molecule has 184 valence electrons. The largest absolute Gasteiger partial charge is 0.390 e. The summed E-state index contributed by atoms with van der Waals surface area (Å²) in [6.45, 7) is 6.99. The van der Waals surface area contributed by atoms with Crippen molar-refractivity contribution in [3.05, 3.63) is 12.4 Å². The normalized spacial score (nSPS) is 46.6. The molecule has 1 aromatic heterocycles. The second-order valence-electron chi connectivity index (χ2n) is 12.6. The van der Waals surface area contributed by atoms with Gasteiger partial charge < -0.3 is 5.11 Å². The summed E-state index contributed by atoms with van der Waals surface area (Å²) in [6, 6.07) is 0. The van der Waals surface area contributed by atoms with E-state index in [0.29, 0.717) is 28.6 Å². The van der Waals surface area contributed by atoms with E-state index in [-0.39, 0.29) is 23.7 Å². The highest BCUT2D eigenvalue weighted by Gasteiger charge is 2.61. The van der Waals surface area contributed by atoms with Gasteiger partial charge in [0.1, 0.15) is 0 Å². The van der Waals surface area contributed by atoms with Crippen LogP contribution < -0.4 is 0 Å². The van der Waals surface area contributed by atoms with Crippen molar-refractivity contribution in [3.8, 4) is 0 Å². The minimum absolute atomic E-state index is 0.0500. The Kier molecular flexibility index (Phi) is 5.64. The first kappa shape index (κ1) is 23.5. The van der Waals surface area contributed by atoms with Crippen LogP contribution in [0, 0.1) is 51.6 Å². The Hall–Kier alpha value is -1.21. The summed E-state index contributed by atoms with van der Waals surface area (Å²) in [7, 11) is -2.82. The van der Waals surface area contributed by atoms with E-state index in [2.05, 4.69) is 18.9 Å². The van der Waals surface area contributed by atoms with Crippen LogP contribution in [0.2, 0.25) is 0 Å². The van der Waals surface area contributed by atoms with Crippen molar-refractivity contribution in [2.24, 2.45) is 46.8 Å². The summed E-state index contributed by atoms with van der Waals surface area (Å²) in [5, 5.41) is 14.9. The average Bonchev–Trinajstić information content (AvgIpc) is 3.29. The van der Waals surface area contributed by atoms with Gasteiger partial charge in [0.2, 0.25) is 0 Å². The van der Waals surface area contributed by atoms with Gasteiger partial charge in [-0.3, -0.25) is 9.48 Å². The van der Waals surface area contributed by atoms with Gasteiger partial charge in [0, 0.05) is 18.4 Å². The van der Waals surface area contributed by atoms with E-state index in [1.807, 2.05) is 6.92 Å². The number of hydrogen-bond acceptors (Lipinski definition) is 5. The molecule has 1 heterocycles. The molecule has 2 N–H and O–H groups in total. The smallest absolute Gasteiger partial charge is 0.157 e. The van der Waals surface area contributed by atoms with Gasteiger partial charge in [-0.25, -0.2) is 8.99 Å². The lowest BCUT2D eigenvalue weighted by Gasteiger charge is -2.57. The zero-order valence-electron chi connectivity index (χ0n) is 20.6. The summed E-state index contributed by atoms with van der Waals surface area (Å²) in [5.41, 5.74) is -0.429. The van der Waals surface area contributed by atoms with Crippen LogP contribution in [0.1, 0.15) is 72.1 Å². The Balaban J connectivity index is 1.33. The molecule has 10 atom stereocenters. The lowest BCUT2D eigenvalue weighted by Crippen LogP contribution is -2.51. The Morgan fingerprint density at radius 2 is 1.94 bits per heavy atom. The topological polar surface area (TPSA) is 96.0 Å². The minimum atomic E-state index is -2.82. The lowest BCUT2D eigenvalue weighted by atomic mass is 9.48. The van der Waals surface area contributed by atoms with Crippen molar-refractivity contribution >= 4 is 15.5 Å². The molecule has 0 radical (unpaired) electrons. The van der Waals surface area contributed by atoms with E-state index in [9.17, 15) is 14.1 Å². The van der Waals surface area contributed by atoms with Gasteiger partial charge in [0.25, 0.3) is 0 Å². The Morgan fingerprint density at radius 1 is 1.21 bits per heavy atom. The van der Waals surface area contributed by atoms with E-state index in [1.54, 1.807) is 10.9 Å². The van der Waals surface area contributed by atoms with E-state index in [0.717, 1.165) is 43.9 Å². The fraction of sp³-hybridized carbons (Fsp3) is 0.846. The van der Waals surface area contributed by atoms with Gasteiger partial charge in [-0.1, -0.05) is 13.8 Å². The maximum Gasteiger partial charge on any atom is 0.157 e. The monoisotopic (exact) mass is 475 g/mol. The molecule has 0 spiro atoms. The molecule has 0 aromatic carbocycles. The summed E-state index contributed by atoms with van der Waals surface area (Å²) in [4.78, 5) is 13.9. The Morgan fingerprint density at radius 3 is 2.64 bits per heavy atom. The fourth-order valence-corrected chi connectivity index (χ4v) is 9.60. The molecule has 0 amide bonds. The zero-order chi connectivity index (χ0) is 23.8. The number of carbonyl (C=O) groups excluding carboxylic acids is 1. The molecule has 0 bridgehead atoms. The summed E-state index contributed by atoms with van der Waals surface area (Å²) in [5.74, 6) is 4.36. The molecule has 4 aliphatic carbocycles. The first-order valence-corrected chi connectivity index (χ1v) is 14.9. The first-order chi connectivity index (χ1) is 15.4. The maximum atomic E-state index is 13.5. The van der Waals surface area contributed by atoms with Gasteiger partial charge in [-0.15, -0.1) is 0 Å². The first-order valence-electron chi connectivity index (χ1n) is 12.9. The number of Topliss-reactive ketones (excluding diaryl/α,β-unsaturated/α-hetero) is 1. The van der Waals surface area contributed by atoms with Crippen LogP contribution in [-0.2, 0) is 21.1 Å². The molecule has 7 heteroatoms. The number of ketones is 1. The van der Waals surface area contributed by atoms with Crippen LogP contribution >= 0.6 is 0 Å². The van der Waals surface area contributed by atoms with Crippen molar-refractivity contribution in [3.63, 3.8) is 0 Å². The highest BCUT2D eigenvalue weighted by atomic mass is 32.2. The zero-order valence-corrected chi connectivity index (χ0v) is 21.4. The molecule has 4 aliphatic rings. The van der Waals surface area contributed by atoms with E-state index >= 15 is 0 Å². The molecule has 1 unspecified atom stereocenters. The number of carbonyl (C=O) groups is 1.